The standard InChI is InChI=1S/C27H30N4O2/c1-18-5-6-21(33-17-19-7-11-28-19)16-23(18)26(32)30-27(8-9-27)24-14-20(31-12-3-13-31)15-25-22(24)4-2-10-29-25/h2,4-6,10,14-16,19,28H,3,7-9,11-13,17H2,1H3,(H,30,32)/t19-/m0/s1. The van der Waals surface area contributed by atoms with Crippen molar-refractivity contribution in [2.24, 2.45) is 0 Å². The zero-order valence-electron chi connectivity index (χ0n) is 19.1. The van der Waals surface area contributed by atoms with Gasteiger partial charge in [-0.25, -0.2) is 0 Å². The maximum atomic E-state index is 13.5. The number of carbonyl (C=O) groups is 1. The van der Waals surface area contributed by atoms with Gasteiger partial charge in [0, 0.05) is 42.0 Å². The van der Waals surface area contributed by atoms with Crippen molar-refractivity contribution in [2.45, 2.75) is 44.2 Å². The Labute approximate surface area is 194 Å². The Hall–Kier alpha value is -3.12. The van der Waals surface area contributed by atoms with E-state index in [9.17, 15) is 4.79 Å². The van der Waals surface area contributed by atoms with Gasteiger partial charge in [0.2, 0.25) is 0 Å². The summed E-state index contributed by atoms with van der Waals surface area (Å²) in [6.07, 6.45) is 6.09. The van der Waals surface area contributed by atoms with Crippen molar-refractivity contribution >= 4 is 22.5 Å². The SMILES string of the molecule is Cc1ccc(OC[C@@H]2CCN2)cc1C(=O)NC1(c2cc(N3CCC3)cc3ncccc23)CC1. The van der Waals surface area contributed by atoms with Gasteiger partial charge in [0.15, 0.2) is 0 Å². The van der Waals surface area contributed by atoms with Crippen LogP contribution in [0.15, 0.2) is 48.7 Å². The number of aromatic nitrogens is 1. The molecule has 3 heterocycles. The molecule has 3 aliphatic rings. The smallest absolute Gasteiger partial charge is 0.252 e. The molecule has 1 aromatic heterocycles. The first-order valence-electron chi connectivity index (χ1n) is 12.0. The molecule has 6 rings (SSSR count). The molecule has 6 nitrogen and oxygen atoms in total. The number of carbonyl (C=O) groups excluding carboxylic acids is 1. The molecular formula is C27H30N4O2. The number of rotatable bonds is 7. The van der Waals surface area contributed by atoms with Gasteiger partial charge in [0.25, 0.3) is 5.91 Å². The Balaban J connectivity index is 1.28. The van der Waals surface area contributed by atoms with Crippen LogP contribution < -0.4 is 20.3 Å². The third-order valence-electron chi connectivity index (χ3n) is 7.38. The van der Waals surface area contributed by atoms with Crippen molar-refractivity contribution in [1.82, 2.24) is 15.6 Å². The summed E-state index contributed by atoms with van der Waals surface area (Å²) in [5.74, 6) is 0.711. The molecule has 0 radical (unpaired) electrons. The Bertz CT molecular complexity index is 1210. The molecule has 0 unspecified atom stereocenters. The summed E-state index contributed by atoms with van der Waals surface area (Å²) in [4.78, 5) is 20.5. The van der Waals surface area contributed by atoms with Crippen LogP contribution in [0, 0.1) is 6.92 Å². The van der Waals surface area contributed by atoms with Crippen LogP contribution in [0.25, 0.3) is 10.9 Å². The molecule has 33 heavy (non-hydrogen) atoms. The first kappa shape index (κ1) is 20.5. The van der Waals surface area contributed by atoms with Crippen LogP contribution in [0.2, 0.25) is 0 Å². The van der Waals surface area contributed by atoms with E-state index >= 15 is 0 Å². The fraction of sp³-hybridized carbons (Fsp3) is 0.407. The minimum absolute atomic E-state index is 0.0383. The van der Waals surface area contributed by atoms with Crippen LogP contribution >= 0.6 is 0 Å². The van der Waals surface area contributed by atoms with Gasteiger partial charge in [0.05, 0.1) is 11.1 Å². The van der Waals surface area contributed by atoms with E-state index in [1.165, 1.54) is 17.7 Å². The Morgan fingerprint density at radius 3 is 2.79 bits per heavy atom. The number of ether oxygens (including phenoxy) is 1. The van der Waals surface area contributed by atoms with E-state index in [0.717, 1.165) is 61.1 Å². The van der Waals surface area contributed by atoms with Gasteiger partial charge in [-0.1, -0.05) is 12.1 Å². The highest BCUT2D eigenvalue weighted by molar-refractivity contribution is 5.97. The minimum Gasteiger partial charge on any atom is -0.492 e. The van der Waals surface area contributed by atoms with E-state index in [1.807, 2.05) is 37.4 Å². The number of anilines is 1. The first-order chi connectivity index (χ1) is 16.1. The zero-order chi connectivity index (χ0) is 22.4. The number of nitrogens with one attached hydrogen (secondary N) is 2. The molecule has 3 fully saturated rings. The summed E-state index contributed by atoms with van der Waals surface area (Å²) >= 11 is 0. The Kier molecular flexibility index (Phi) is 4.98. The number of pyridine rings is 1. The second-order valence-corrected chi connectivity index (χ2v) is 9.67. The van der Waals surface area contributed by atoms with Crippen molar-refractivity contribution in [2.75, 3.05) is 31.1 Å². The zero-order valence-corrected chi connectivity index (χ0v) is 19.1. The lowest BCUT2D eigenvalue weighted by Gasteiger charge is -2.34. The minimum atomic E-state index is -0.335. The van der Waals surface area contributed by atoms with Gasteiger partial charge < -0.3 is 20.3 Å². The van der Waals surface area contributed by atoms with Crippen molar-refractivity contribution in [1.29, 1.82) is 0 Å². The monoisotopic (exact) mass is 442 g/mol. The second kappa shape index (κ2) is 8.03. The third kappa shape index (κ3) is 3.82. The molecule has 2 aliphatic heterocycles. The van der Waals surface area contributed by atoms with Crippen LogP contribution in [0.4, 0.5) is 5.69 Å². The van der Waals surface area contributed by atoms with Gasteiger partial charge in [-0.3, -0.25) is 9.78 Å². The predicted octanol–water partition coefficient (Wildman–Crippen LogP) is 3.91. The number of hydrogen-bond donors (Lipinski definition) is 2. The number of aryl methyl sites for hydroxylation is 1. The number of fused-ring (bicyclic) bond motifs is 1. The summed E-state index contributed by atoms with van der Waals surface area (Å²) in [7, 11) is 0. The van der Waals surface area contributed by atoms with E-state index in [4.69, 9.17) is 4.74 Å². The van der Waals surface area contributed by atoms with E-state index < -0.39 is 0 Å². The van der Waals surface area contributed by atoms with E-state index in [0.29, 0.717) is 18.2 Å². The number of hydrogen-bond acceptors (Lipinski definition) is 5. The number of nitrogens with zero attached hydrogens (tertiary/aromatic N) is 2. The first-order valence-corrected chi connectivity index (χ1v) is 12.0. The normalized spacial score (nSPS) is 20.6. The summed E-state index contributed by atoms with van der Waals surface area (Å²) in [6, 6.07) is 14.8. The predicted molar refractivity (Wildman–Crippen MR) is 130 cm³/mol. The fourth-order valence-corrected chi connectivity index (χ4v) is 4.81. The number of benzene rings is 2. The summed E-state index contributed by atoms with van der Waals surface area (Å²) < 4.78 is 5.95. The molecule has 1 atom stereocenters. The van der Waals surface area contributed by atoms with Crippen molar-refractivity contribution in [3.05, 3.63) is 65.4 Å². The van der Waals surface area contributed by atoms with E-state index in [2.05, 4.69) is 38.7 Å². The van der Waals surface area contributed by atoms with Gasteiger partial charge in [-0.15, -0.1) is 0 Å². The third-order valence-corrected chi connectivity index (χ3v) is 7.38. The molecule has 1 amide bonds. The molecule has 6 heteroatoms. The average molecular weight is 443 g/mol. The molecule has 0 spiro atoms. The fourth-order valence-electron chi connectivity index (χ4n) is 4.81. The van der Waals surface area contributed by atoms with Crippen LogP contribution in [0.3, 0.4) is 0 Å². The summed E-state index contributed by atoms with van der Waals surface area (Å²) in [6.45, 7) is 5.84. The lowest BCUT2D eigenvalue weighted by Crippen LogP contribution is -2.46. The molecule has 1 saturated carbocycles. The highest BCUT2D eigenvalue weighted by Gasteiger charge is 2.47. The maximum Gasteiger partial charge on any atom is 0.252 e. The highest BCUT2D eigenvalue weighted by Crippen LogP contribution is 2.49. The number of amides is 1. The van der Waals surface area contributed by atoms with Gasteiger partial charge in [0.1, 0.15) is 12.4 Å². The molecule has 0 bridgehead atoms. The van der Waals surface area contributed by atoms with Crippen LogP contribution in [-0.2, 0) is 5.54 Å². The quantitative estimate of drug-likeness (QED) is 0.581. The van der Waals surface area contributed by atoms with E-state index in [1.54, 1.807) is 0 Å². The lowest BCUT2D eigenvalue weighted by atomic mass is 9.96. The van der Waals surface area contributed by atoms with Gasteiger partial charge in [-0.05, 0) is 80.6 Å². The molecule has 1 aliphatic carbocycles. The second-order valence-electron chi connectivity index (χ2n) is 9.67. The molecule has 2 aromatic carbocycles. The highest BCUT2D eigenvalue weighted by atomic mass is 16.5. The van der Waals surface area contributed by atoms with Crippen LogP contribution in [0.5, 0.6) is 5.75 Å². The Morgan fingerprint density at radius 2 is 2.09 bits per heavy atom. The van der Waals surface area contributed by atoms with Crippen molar-refractivity contribution in [3.63, 3.8) is 0 Å². The van der Waals surface area contributed by atoms with Crippen molar-refractivity contribution < 1.29 is 9.53 Å². The molecule has 3 aromatic rings. The molecule has 170 valence electrons. The summed E-state index contributed by atoms with van der Waals surface area (Å²) in [5, 5.41) is 7.87. The van der Waals surface area contributed by atoms with E-state index in [-0.39, 0.29) is 11.4 Å². The van der Waals surface area contributed by atoms with Crippen molar-refractivity contribution in [3.8, 4) is 5.75 Å². The summed E-state index contributed by atoms with van der Waals surface area (Å²) in [5.41, 5.74) is 4.69. The molecular weight excluding hydrogens is 412 g/mol. The largest absolute Gasteiger partial charge is 0.492 e. The molecule has 2 N–H and O–H groups in total. The van der Waals surface area contributed by atoms with Crippen LogP contribution in [0.1, 0.15) is 47.2 Å². The van der Waals surface area contributed by atoms with Crippen LogP contribution in [-0.4, -0.2) is 43.2 Å². The topological polar surface area (TPSA) is 66.5 Å². The average Bonchev–Trinajstić information content (AvgIpc) is 3.52. The maximum absolute atomic E-state index is 13.5. The lowest BCUT2D eigenvalue weighted by molar-refractivity contribution is 0.0930. The Morgan fingerprint density at radius 1 is 1.24 bits per heavy atom. The van der Waals surface area contributed by atoms with Gasteiger partial charge >= 0.3 is 0 Å². The van der Waals surface area contributed by atoms with Gasteiger partial charge in [-0.2, -0.15) is 0 Å². The molecule has 2 saturated heterocycles.